The molecule has 1 amide bonds. The van der Waals surface area contributed by atoms with E-state index in [0.717, 1.165) is 24.8 Å². The summed E-state index contributed by atoms with van der Waals surface area (Å²) in [5, 5.41) is 0. The predicted molar refractivity (Wildman–Crippen MR) is 103 cm³/mol. The molecule has 5 nitrogen and oxygen atoms in total. The van der Waals surface area contributed by atoms with Crippen LogP contribution in [0.2, 0.25) is 0 Å². The van der Waals surface area contributed by atoms with Gasteiger partial charge < -0.3 is 4.90 Å². The van der Waals surface area contributed by atoms with E-state index in [2.05, 4.69) is 64.9 Å². The molecule has 3 unspecified atom stereocenters. The van der Waals surface area contributed by atoms with Crippen LogP contribution in [0.25, 0.3) is 11.1 Å². The van der Waals surface area contributed by atoms with E-state index in [0.29, 0.717) is 18.6 Å². The van der Waals surface area contributed by atoms with E-state index in [-0.39, 0.29) is 11.8 Å². The van der Waals surface area contributed by atoms with Gasteiger partial charge >= 0.3 is 0 Å². The van der Waals surface area contributed by atoms with E-state index in [1.165, 1.54) is 11.1 Å². The number of amides is 1. The quantitative estimate of drug-likeness (QED) is 0.793. The zero-order valence-electron chi connectivity index (χ0n) is 15.1. The van der Waals surface area contributed by atoms with Gasteiger partial charge in [0.2, 0.25) is 5.91 Å². The number of nitrogens with zero attached hydrogens (tertiary/aromatic N) is 1. The maximum atomic E-state index is 12.8. The molecule has 2 aromatic rings. The highest BCUT2D eigenvalue weighted by Gasteiger charge is 2.37. The summed E-state index contributed by atoms with van der Waals surface area (Å²) in [6, 6.07) is 19.6. The van der Waals surface area contributed by atoms with Crippen LogP contribution in [0.3, 0.4) is 0 Å². The molecule has 2 aromatic carbocycles. The maximum Gasteiger partial charge on any atom is 0.225 e. The zero-order chi connectivity index (χ0) is 17.9. The second-order valence-electron chi connectivity index (χ2n) is 7.39. The number of rotatable bonds is 4. The van der Waals surface area contributed by atoms with Gasteiger partial charge in [0.1, 0.15) is 0 Å². The van der Waals surface area contributed by atoms with E-state index >= 15 is 0 Å². The molecule has 0 radical (unpaired) electrons. The summed E-state index contributed by atoms with van der Waals surface area (Å²) >= 11 is 0. The van der Waals surface area contributed by atoms with Gasteiger partial charge in [-0.2, -0.15) is 5.53 Å². The first-order valence-corrected chi connectivity index (χ1v) is 9.36. The Bertz CT molecular complexity index is 746. The molecule has 1 saturated carbocycles. The number of hydrogen-bond acceptors (Lipinski definition) is 4. The van der Waals surface area contributed by atoms with Crippen LogP contribution in [0.5, 0.6) is 0 Å². The van der Waals surface area contributed by atoms with Crippen LogP contribution in [0.1, 0.15) is 24.8 Å². The molecule has 136 valence electrons. The highest BCUT2D eigenvalue weighted by Crippen LogP contribution is 2.28. The predicted octanol–water partition coefficient (Wildman–Crippen LogP) is 2.46. The van der Waals surface area contributed by atoms with E-state index in [9.17, 15) is 4.79 Å². The minimum atomic E-state index is 0.110. The average molecular weight is 350 g/mol. The standard InChI is InChI=1S/C21H26N4O/c1-25(21(26)18-11-12-19-20(13-18)23-24-22-19)14-15-7-9-17(10-8-15)16-5-3-2-4-6-16/h2-10,18-20,22-24H,11-14H2,1H3. The summed E-state index contributed by atoms with van der Waals surface area (Å²) < 4.78 is 0. The lowest BCUT2D eigenvalue weighted by atomic mass is 9.82. The third-order valence-electron chi connectivity index (χ3n) is 5.57. The van der Waals surface area contributed by atoms with Gasteiger partial charge in [0.25, 0.3) is 0 Å². The van der Waals surface area contributed by atoms with E-state index in [1.807, 2.05) is 18.0 Å². The normalized spacial score (nSPS) is 24.9. The lowest BCUT2D eigenvalue weighted by Crippen LogP contribution is -2.44. The number of benzene rings is 2. The highest BCUT2D eigenvalue weighted by atomic mass is 16.2. The summed E-state index contributed by atoms with van der Waals surface area (Å²) in [5.74, 6) is 0.364. The average Bonchev–Trinajstić information content (AvgIpc) is 3.16. The van der Waals surface area contributed by atoms with E-state index in [4.69, 9.17) is 0 Å². The van der Waals surface area contributed by atoms with Gasteiger partial charge in [-0.1, -0.05) is 54.6 Å². The lowest BCUT2D eigenvalue weighted by molar-refractivity contribution is -0.136. The van der Waals surface area contributed by atoms with Crippen LogP contribution in [0, 0.1) is 5.92 Å². The van der Waals surface area contributed by atoms with Crippen molar-refractivity contribution in [1.29, 1.82) is 0 Å². The van der Waals surface area contributed by atoms with Gasteiger partial charge in [0.05, 0.1) is 0 Å². The van der Waals surface area contributed by atoms with Crippen molar-refractivity contribution in [2.75, 3.05) is 7.05 Å². The molecule has 5 heteroatoms. The molecule has 26 heavy (non-hydrogen) atoms. The summed E-state index contributed by atoms with van der Waals surface area (Å²) in [6.45, 7) is 0.655. The number of hydrogen-bond donors (Lipinski definition) is 3. The monoisotopic (exact) mass is 350 g/mol. The molecule has 3 atom stereocenters. The third-order valence-corrected chi connectivity index (χ3v) is 5.57. The Kier molecular flexibility index (Phi) is 5.02. The van der Waals surface area contributed by atoms with Crippen molar-refractivity contribution in [3.8, 4) is 11.1 Å². The largest absolute Gasteiger partial charge is 0.341 e. The van der Waals surface area contributed by atoms with Crippen LogP contribution in [0.4, 0.5) is 0 Å². The van der Waals surface area contributed by atoms with Gasteiger partial charge in [-0.05, 0) is 36.0 Å². The molecule has 3 N–H and O–H groups in total. The summed E-state index contributed by atoms with van der Waals surface area (Å²) in [7, 11) is 1.91. The molecule has 1 heterocycles. The number of fused-ring (bicyclic) bond motifs is 1. The molecule has 0 spiro atoms. The Balaban J connectivity index is 1.36. The van der Waals surface area contributed by atoms with Crippen LogP contribution in [0.15, 0.2) is 54.6 Å². The fourth-order valence-electron chi connectivity index (χ4n) is 4.05. The van der Waals surface area contributed by atoms with Gasteiger partial charge in [-0.15, -0.1) is 0 Å². The van der Waals surface area contributed by atoms with E-state index in [1.54, 1.807) is 0 Å². The fraction of sp³-hybridized carbons (Fsp3) is 0.381. The molecule has 2 fully saturated rings. The number of nitrogens with one attached hydrogen (secondary N) is 3. The lowest BCUT2D eigenvalue weighted by Gasteiger charge is -2.32. The Morgan fingerprint density at radius 3 is 2.42 bits per heavy atom. The van der Waals surface area contributed by atoms with Crippen LogP contribution < -0.4 is 16.4 Å². The van der Waals surface area contributed by atoms with Gasteiger partial charge in [-0.3, -0.25) is 4.79 Å². The molecular formula is C21H26N4O. The van der Waals surface area contributed by atoms with Crippen LogP contribution in [-0.2, 0) is 11.3 Å². The van der Waals surface area contributed by atoms with Crippen molar-refractivity contribution in [2.24, 2.45) is 5.92 Å². The minimum Gasteiger partial charge on any atom is -0.341 e. The summed E-state index contributed by atoms with van der Waals surface area (Å²) in [5.41, 5.74) is 13.0. The van der Waals surface area contributed by atoms with Crippen molar-refractivity contribution < 1.29 is 4.79 Å². The Labute approximate surface area is 154 Å². The van der Waals surface area contributed by atoms with Gasteiger partial charge in [0.15, 0.2) is 0 Å². The second-order valence-corrected chi connectivity index (χ2v) is 7.39. The van der Waals surface area contributed by atoms with Crippen molar-refractivity contribution >= 4 is 5.91 Å². The van der Waals surface area contributed by atoms with Crippen molar-refractivity contribution in [2.45, 2.75) is 37.9 Å². The highest BCUT2D eigenvalue weighted by molar-refractivity contribution is 5.78. The first kappa shape index (κ1) is 17.2. The molecule has 4 rings (SSSR count). The molecule has 2 aliphatic rings. The molecule has 1 saturated heterocycles. The van der Waals surface area contributed by atoms with Gasteiger partial charge in [0, 0.05) is 31.6 Å². The van der Waals surface area contributed by atoms with Crippen LogP contribution >= 0.6 is 0 Å². The number of carbonyl (C=O) groups excluding carboxylic acids is 1. The first-order valence-electron chi connectivity index (χ1n) is 9.36. The van der Waals surface area contributed by atoms with Crippen molar-refractivity contribution in [3.63, 3.8) is 0 Å². The topological polar surface area (TPSA) is 56.4 Å². The smallest absolute Gasteiger partial charge is 0.225 e. The Morgan fingerprint density at radius 2 is 1.65 bits per heavy atom. The van der Waals surface area contributed by atoms with Crippen LogP contribution in [-0.4, -0.2) is 29.9 Å². The SMILES string of the molecule is CN(Cc1ccc(-c2ccccc2)cc1)C(=O)C1CCC2NNNC2C1. The minimum absolute atomic E-state index is 0.110. The molecule has 0 bridgehead atoms. The summed E-state index contributed by atoms with van der Waals surface area (Å²) in [4.78, 5) is 14.7. The van der Waals surface area contributed by atoms with Crippen molar-refractivity contribution in [1.82, 2.24) is 21.3 Å². The molecule has 1 aliphatic heterocycles. The molecule has 1 aliphatic carbocycles. The van der Waals surface area contributed by atoms with Gasteiger partial charge in [-0.25, -0.2) is 10.9 Å². The summed E-state index contributed by atoms with van der Waals surface area (Å²) in [6.07, 6.45) is 2.87. The second kappa shape index (κ2) is 7.58. The fourth-order valence-corrected chi connectivity index (χ4v) is 4.05. The number of carbonyl (C=O) groups is 1. The maximum absolute atomic E-state index is 12.8. The Hall–Kier alpha value is -2.21. The third kappa shape index (κ3) is 3.65. The van der Waals surface area contributed by atoms with Crippen molar-refractivity contribution in [3.05, 3.63) is 60.2 Å². The zero-order valence-corrected chi connectivity index (χ0v) is 15.1. The Morgan fingerprint density at radius 1 is 0.962 bits per heavy atom. The number of hydrazine groups is 2. The first-order chi connectivity index (χ1) is 12.7. The molecular weight excluding hydrogens is 324 g/mol. The van der Waals surface area contributed by atoms with E-state index < -0.39 is 0 Å². The molecule has 0 aromatic heterocycles.